The van der Waals surface area contributed by atoms with Gasteiger partial charge in [-0.15, -0.1) is 0 Å². The minimum Gasteiger partial charge on any atom is -0.507 e. The van der Waals surface area contributed by atoms with Crippen molar-refractivity contribution in [3.63, 3.8) is 0 Å². The van der Waals surface area contributed by atoms with E-state index in [1.54, 1.807) is 0 Å². The van der Waals surface area contributed by atoms with Crippen molar-refractivity contribution in [2.45, 2.75) is 0 Å². The molecule has 0 radical (unpaired) electrons. The number of aromatic hydroxyl groups is 3. The summed E-state index contributed by atoms with van der Waals surface area (Å²) in [4.78, 5) is 10.3. The maximum atomic E-state index is 10.3. The highest BCUT2D eigenvalue weighted by molar-refractivity contribution is 6.34. The molecule has 0 amide bonds. The van der Waals surface area contributed by atoms with E-state index in [1.165, 1.54) is 0 Å². The van der Waals surface area contributed by atoms with Gasteiger partial charge in [-0.2, -0.15) is 0 Å². The van der Waals surface area contributed by atoms with Gasteiger partial charge < -0.3 is 15.3 Å². The van der Waals surface area contributed by atoms with Gasteiger partial charge in [0.1, 0.15) is 16.5 Å². The molecule has 5 heteroatoms. The van der Waals surface area contributed by atoms with E-state index >= 15 is 0 Å². The van der Waals surface area contributed by atoms with E-state index in [4.69, 9.17) is 26.9 Å². The summed E-state index contributed by atoms with van der Waals surface area (Å²) in [5.41, 5.74) is -0.335. The molecule has 12 heavy (non-hydrogen) atoms. The number of rotatable bonds is 1. The van der Waals surface area contributed by atoms with Gasteiger partial charge in [0.25, 0.3) is 0 Å². The standard InChI is InChI=1S/C7H5ClO4/c8-6-5(11)1-4(10)3(2-9)7(6)12/h1-2,10-12H. The van der Waals surface area contributed by atoms with Gasteiger partial charge in [-0.3, -0.25) is 4.79 Å². The fourth-order valence-corrected chi connectivity index (χ4v) is 0.904. The third-order valence-electron chi connectivity index (χ3n) is 1.36. The average Bonchev–Trinajstić information content (AvgIpc) is 2.01. The Kier molecular flexibility index (Phi) is 2.10. The van der Waals surface area contributed by atoms with Crippen LogP contribution in [0.5, 0.6) is 17.2 Å². The maximum absolute atomic E-state index is 10.3. The first-order valence-corrected chi connectivity index (χ1v) is 3.34. The molecule has 0 unspecified atom stereocenters. The number of hydrogen-bond donors (Lipinski definition) is 3. The van der Waals surface area contributed by atoms with E-state index in [0.717, 1.165) is 6.07 Å². The number of carbonyl (C=O) groups is 1. The minimum absolute atomic E-state index is 0.246. The monoisotopic (exact) mass is 188 g/mol. The van der Waals surface area contributed by atoms with Crippen molar-refractivity contribution in [3.05, 3.63) is 16.7 Å². The second-order valence-electron chi connectivity index (χ2n) is 2.11. The van der Waals surface area contributed by atoms with Crippen molar-refractivity contribution >= 4 is 17.9 Å². The van der Waals surface area contributed by atoms with Crippen molar-refractivity contribution in [1.29, 1.82) is 0 Å². The topological polar surface area (TPSA) is 77.8 Å². The van der Waals surface area contributed by atoms with E-state index in [2.05, 4.69) is 0 Å². The summed E-state index contributed by atoms with van der Waals surface area (Å²) in [6.07, 6.45) is 0.246. The Morgan fingerprint density at radius 1 is 1.25 bits per heavy atom. The Labute approximate surface area is 72.6 Å². The maximum Gasteiger partial charge on any atom is 0.157 e. The lowest BCUT2D eigenvalue weighted by Gasteiger charge is -2.04. The lowest BCUT2D eigenvalue weighted by Crippen LogP contribution is -1.84. The highest BCUT2D eigenvalue weighted by atomic mass is 35.5. The first kappa shape index (κ1) is 8.67. The third kappa shape index (κ3) is 1.16. The predicted octanol–water partition coefficient (Wildman–Crippen LogP) is 1.27. The molecule has 0 aliphatic carbocycles. The van der Waals surface area contributed by atoms with Crippen LogP contribution >= 0.6 is 11.6 Å². The smallest absolute Gasteiger partial charge is 0.157 e. The summed E-state index contributed by atoms with van der Waals surface area (Å²) in [5, 5.41) is 26.6. The van der Waals surface area contributed by atoms with Crippen LogP contribution in [0.15, 0.2) is 6.07 Å². The molecule has 0 bridgehead atoms. The van der Waals surface area contributed by atoms with Gasteiger partial charge in [0.15, 0.2) is 12.0 Å². The Morgan fingerprint density at radius 2 is 1.83 bits per heavy atom. The molecular formula is C7H5ClO4. The van der Waals surface area contributed by atoms with Crippen LogP contribution in [0.2, 0.25) is 5.02 Å². The zero-order valence-corrected chi connectivity index (χ0v) is 6.54. The molecule has 0 atom stereocenters. The van der Waals surface area contributed by atoms with Crippen LogP contribution in [0, 0.1) is 0 Å². The summed E-state index contributed by atoms with van der Waals surface area (Å²) < 4.78 is 0. The van der Waals surface area contributed by atoms with Gasteiger partial charge in [-0.1, -0.05) is 11.6 Å². The number of halogens is 1. The fraction of sp³-hybridized carbons (Fsp3) is 0. The molecule has 0 saturated heterocycles. The number of carbonyl (C=O) groups excluding carboxylic acids is 1. The van der Waals surface area contributed by atoms with Crippen molar-refractivity contribution in [2.24, 2.45) is 0 Å². The number of phenols is 3. The molecule has 4 nitrogen and oxygen atoms in total. The lowest BCUT2D eigenvalue weighted by molar-refractivity contribution is 0.111. The molecule has 1 rings (SSSR count). The van der Waals surface area contributed by atoms with Crippen LogP contribution in [0.1, 0.15) is 10.4 Å². The van der Waals surface area contributed by atoms with Crippen LogP contribution in [-0.4, -0.2) is 21.6 Å². The Bertz CT molecular complexity index is 335. The van der Waals surface area contributed by atoms with Crippen LogP contribution in [0.25, 0.3) is 0 Å². The Hall–Kier alpha value is -1.42. The summed E-state index contributed by atoms with van der Waals surface area (Å²) in [5.74, 6) is -1.61. The van der Waals surface area contributed by atoms with Crippen LogP contribution in [-0.2, 0) is 0 Å². The SMILES string of the molecule is O=Cc1c(O)cc(O)c(Cl)c1O. The van der Waals surface area contributed by atoms with Crippen molar-refractivity contribution in [3.8, 4) is 17.2 Å². The predicted molar refractivity (Wildman–Crippen MR) is 41.8 cm³/mol. The molecule has 0 aliphatic rings. The van der Waals surface area contributed by atoms with Crippen molar-refractivity contribution in [2.75, 3.05) is 0 Å². The quantitative estimate of drug-likeness (QED) is 0.580. The molecule has 0 fully saturated rings. The lowest BCUT2D eigenvalue weighted by atomic mass is 10.2. The zero-order chi connectivity index (χ0) is 9.30. The van der Waals surface area contributed by atoms with E-state index in [9.17, 15) is 4.79 Å². The molecule has 0 aromatic heterocycles. The molecule has 3 N–H and O–H groups in total. The first-order chi connectivity index (χ1) is 5.57. The summed E-state index contributed by atoms with van der Waals surface area (Å²) in [6.45, 7) is 0. The Balaban J connectivity index is 3.51. The highest BCUT2D eigenvalue weighted by Gasteiger charge is 2.14. The highest BCUT2D eigenvalue weighted by Crippen LogP contribution is 2.39. The number of phenolic OH excluding ortho intramolecular Hbond substituents is 3. The number of benzene rings is 1. The van der Waals surface area contributed by atoms with Gasteiger partial charge >= 0.3 is 0 Å². The van der Waals surface area contributed by atoms with Crippen molar-refractivity contribution in [1.82, 2.24) is 0 Å². The van der Waals surface area contributed by atoms with E-state index < -0.39 is 17.2 Å². The van der Waals surface area contributed by atoms with Crippen LogP contribution in [0.3, 0.4) is 0 Å². The van der Waals surface area contributed by atoms with Crippen LogP contribution in [0.4, 0.5) is 0 Å². The summed E-state index contributed by atoms with van der Waals surface area (Å²) in [6, 6.07) is 0.881. The molecule has 1 aromatic carbocycles. The fourth-order valence-electron chi connectivity index (χ4n) is 0.748. The van der Waals surface area contributed by atoms with Gasteiger partial charge in [0, 0.05) is 6.07 Å². The summed E-state index contributed by atoms with van der Waals surface area (Å²) in [7, 11) is 0. The van der Waals surface area contributed by atoms with Gasteiger partial charge in [0.2, 0.25) is 0 Å². The van der Waals surface area contributed by atoms with Gasteiger partial charge in [-0.05, 0) is 0 Å². The minimum atomic E-state index is -0.621. The largest absolute Gasteiger partial charge is 0.507 e. The molecule has 1 aromatic rings. The second kappa shape index (κ2) is 2.91. The molecular weight excluding hydrogens is 184 g/mol. The molecule has 0 saturated carbocycles. The number of aldehydes is 1. The van der Waals surface area contributed by atoms with Gasteiger partial charge in [-0.25, -0.2) is 0 Å². The molecule has 0 aliphatic heterocycles. The summed E-state index contributed by atoms with van der Waals surface area (Å²) >= 11 is 5.36. The normalized spacial score (nSPS) is 9.75. The van der Waals surface area contributed by atoms with E-state index in [0.29, 0.717) is 0 Å². The first-order valence-electron chi connectivity index (χ1n) is 2.96. The van der Waals surface area contributed by atoms with Crippen molar-refractivity contribution < 1.29 is 20.1 Å². The zero-order valence-electron chi connectivity index (χ0n) is 5.78. The molecule has 0 heterocycles. The Morgan fingerprint density at radius 3 is 2.33 bits per heavy atom. The van der Waals surface area contributed by atoms with Gasteiger partial charge in [0.05, 0.1) is 5.56 Å². The molecule has 64 valence electrons. The van der Waals surface area contributed by atoms with E-state index in [-0.39, 0.29) is 16.9 Å². The second-order valence-corrected chi connectivity index (χ2v) is 2.49. The number of hydrogen-bond acceptors (Lipinski definition) is 4. The average molecular weight is 189 g/mol. The van der Waals surface area contributed by atoms with E-state index in [1.807, 2.05) is 0 Å². The third-order valence-corrected chi connectivity index (χ3v) is 1.73. The van der Waals surface area contributed by atoms with Crippen LogP contribution < -0.4 is 0 Å². The molecule has 0 spiro atoms.